The van der Waals surface area contributed by atoms with Crippen LogP contribution in [0.3, 0.4) is 0 Å². The van der Waals surface area contributed by atoms with Crippen molar-refractivity contribution in [3.05, 3.63) is 59.7 Å². The van der Waals surface area contributed by atoms with Crippen molar-refractivity contribution in [2.75, 3.05) is 18.6 Å². The van der Waals surface area contributed by atoms with Gasteiger partial charge in [0.25, 0.3) is 0 Å². The van der Waals surface area contributed by atoms with Crippen LogP contribution in [0.25, 0.3) is 11.1 Å². The highest BCUT2D eigenvalue weighted by atomic mass is 32.2. The number of benzene rings is 2. The predicted molar refractivity (Wildman–Crippen MR) is 107 cm³/mol. The number of amides is 1. The van der Waals surface area contributed by atoms with E-state index in [1.54, 1.807) is 11.8 Å². The van der Waals surface area contributed by atoms with Crippen molar-refractivity contribution < 1.29 is 19.4 Å². The number of carboxylic acids is 1. The SMILES string of the molecule is CSCCC[C@H](NC(=O)OCC1c2ccccc2-c2ccccc21)C(=O)O. The van der Waals surface area contributed by atoms with E-state index in [0.29, 0.717) is 6.42 Å². The number of thioether (sulfide) groups is 1. The molecule has 3 rings (SSSR count). The van der Waals surface area contributed by atoms with Gasteiger partial charge in [0.15, 0.2) is 0 Å². The summed E-state index contributed by atoms with van der Waals surface area (Å²) >= 11 is 1.65. The summed E-state index contributed by atoms with van der Waals surface area (Å²) in [6, 6.07) is 15.3. The van der Waals surface area contributed by atoms with Gasteiger partial charge in [0, 0.05) is 5.92 Å². The molecule has 0 saturated carbocycles. The van der Waals surface area contributed by atoms with Gasteiger partial charge < -0.3 is 15.2 Å². The fourth-order valence-electron chi connectivity index (χ4n) is 3.47. The Morgan fingerprint density at radius 3 is 2.26 bits per heavy atom. The molecule has 0 aromatic heterocycles. The summed E-state index contributed by atoms with van der Waals surface area (Å²) in [5, 5.41) is 11.8. The lowest BCUT2D eigenvalue weighted by Crippen LogP contribution is -2.41. The van der Waals surface area contributed by atoms with Crippen LogP contribution in [0.5, 0.6) is 0 Å². The number of alkyl carbamates (subject to hydrolysis) is 1. The zero-order valence-electron chi connectivity index (χ0n) is 15.2. The molecule has 1 aliphatic carbocycles. The highest BCUT2D eigenvalue weighted by molar-refractivity contribution is 7.98. The zero-order valence-corrected chi connectivity index (χ0v) is 16.0. The van der Waals surface area contributed by atoms with Gasteiger partial charge in [-0.05, 0) is 47.1 Å². The van der Waals surface area contributed by atoms with Gasteiger partial charge in [0.1, 0.15) is 12.6 Å². The van der Waals surface area contributed by atoms with Crippen LogP contribution < -0.4 is 5.32 Å². The summed E-state index contributed by atoms with van der Waals surface area (Å²) in [4.78, 5) is 23.5. The average Bonchev–Trinajstić information content (AvgIpc) is 2.99. The molecule has 5 nitrogen and oxygen atoms in total. The number of hydrogen-bond acceptors (Lipinski definition) is 4. The van der Waals surface area contributed by atoms with Crippen LogP contribution in [-0.2, 0) is 9.53 Å². The Labute approximate surface area is 163 Å². The molecule has 0 bridgehead atoms. The number of carboxylic acid groups (broad SMARTS) is 1. The Bertz CT molecular complexity index is 778. The van der Waals surface area contributed by atoms with Crippen LogP contribution in [0.15, 0.2) is 48.5 Å². The van der Waals surface area contributed by atoms with E-state index in [1.807, 2.05) is 42.7 Å². The first-order valence-corrected chi connectivity index (χ1v) is 10.3. The molecule has 2 aromatic rings. The van der Waals surface area contributed by atoms with E-state index < -0.39 is 18.1 Å². The first kappa shape index (κ1) is 19.3. The van der Waals surface area contributed by atoms with Gasteiger partial charge in [-0.1, -0.05) is 48.5 Å². The molecule has 1 atom stereocenters. The molecule has 2 N–H and O–H groups in total. The fourth-order valence-corrected chi connectivity index (χ4v) is 3.93. The Morgan fingerprint density at radius 2 is 1.70 bits per heavy atom. The van der Waals surface area contributed by atoms with Gasteiger partial charge in [0.2, 0.25) is 0 Å². The number of fused-ring (bicyclic) bond motifs is 3. The van der Waals surface area contributed by atoms with Gasteiger partial charge in [-0.15, -0.1) is 0 Å². The number of ether oxygens (including phenoxy) is 1. The zero-order chi connectivity index (χ0) is 19.2. The number of rotatable bonds is 8. The number of nitrogens with one attached hydrogen (secondary N) is 1. The maximum Gasteiger partial charge on any atom is 0.407 e. The number of aliphatic carboxylic acids is 1. The molecule has 1 amide bonds. The van der Waals surface area contributed by atoms with E-state index in [-0.39, 0.29) is 12.5 Å². The highest BCUT2D eigenvalue weighted by Gasteiger charge is 2.29. The third-order valence-corrected chi connectivity index (χ3v) is 5.47. The van der Waals surface area contributed by atoms with E-state index in [2.05, 4.69) is 17.4 Å². The van der Waals surface area contributed by atoms with E-state index >= 15 is 0 Å². The Kier molecular flexibility index (Phi) is 6.40. The topological polar surface area (TPSA) is 75.6 Å². The summed E-state index contributed by atoms with van der Waals surface area (Å²) in [6.45, 7) is 0.178. The smallest absolute Gasteiger partial charge is 0.407 e. The molecule has 0 aliphatic heterocycles. The van der Waals surface area contributed by atoms with Crippen molar-refractivity contribution in [3.63, 3.8) is 0 Å². The van der Waals surface area contributed by atoms with Crippen molar-refractivity contribution in [1.82, 2.24) is 5.32 Å². The van der Waals surface area contributed by atoms with Crippen LogP contribution in [0.1, 0.15) is 29.9 Å². The van der Waals surface area contributed by atoms with Crippen molar-refractivity contribution in [2.45, 2.75) is 24.8 Å². The molecule has 0 fully saturated rings. The number of carbonyl (C=O) groups excluding carboxylic acids is 1. The maximum atomic E-state index is 12.2. The second kappa shape index (κ2) is 8.95. The molecule has 27 heavy (non-hydrogen) atoms. The van der Waals surface area contributed by atoms with Crippen molar-refractivity contribution in [2.24, 2.45) is 0 Å². The number of hydrogen-bond donors (Lipinski definition) is 2. The Hall–Kier alpha value is -2.47. The first-order valence-electron chi connectivity index (χ1n) is 8.95. The van der Waals surface area contributed by atoms with Crippen LogP contribution >= 0.6 is 11.8 Å². The Balaban J connectivity index is 1.64. The van der Waals surface area contributed by atoms with E-state index in [4.69, 9.17) is 4.74 Å². The average molecular weight is 385 g/mol. The largest absolute Gasteiger partial charge is 0.480 e. The molecule has 0 spiro atoms. The predicted octanol–water partition coefficient (Wildman–Crippen LogP) is 4.12. The lowest BCUT2D eigenvalue weighted by Gasteiger charge is -2.17. The third kappa shape index (κ3) is 4.45. The molecule has 2 aromatic carbocycles. The van der Waals surface area contributed by atoms with E-state index in [1.165, 1.54) is 0 Å². The van der Waals surface area contributed by atoms with Gasteiger partial charge in [0.05, 0.1) is 0 Å². The second-order valence-electron chi connectivity index (χ2n) is 6.50. The minimum absolute atomic E-state index is 0.0390. The van der Waals surface area contributed by atoms with Crippen molar-refractivity contribution >= 4 is 23.8 Å². The van der Waals surface area contributed by atoms with Crippen LogP contribution in [0, 0.1) is 0 Å². The lowest BCUT2D eigenvalue weighted by atomic mass is 9.98. The molecule has 0 saturated heterocycles. The monoisotopic (exact) mass is 385 g/mol. The fraction of sp³-hybridized carbons (Fsp3) is 0.333. The highest BCUT2D eigenvalue weighted by Crippen LogP contribution is 2.44. The minimum Gasteiger partial charge on any atom is -0.480 e. The molecular weight excluding hydrogens is 362 g/mol. The van der Waals surface area contributed by atoms with Crippen molar-refractivity contribution in [1.29, 1.82) is 0 Å². The standard InChI is InChI=1S/C21H23NO4S/c1-27-12-6-11-19(20(23)24)22-21(25)26-13-18-16-9-4-2-7-14(16)15-8-3-5-10-17(15)18/h2-5,7-10,18-19H,6,11-13H2,1H3,(H,22,25)(H,23,24)/t19-/m0/s1. The van der Waals surface area contributed by atoms with Crippen LogP contribution in [-0.4, -0.2) is 41.8 Å². The summed E-state index contributed by atoms with van der Waals surface area (Å²) in [6.07, 6.45) is 2.39. The molecular formula is C21H23NO4S. The first-order chi connectivity index (χ1) is 13.1. The van der Waals surface area contributed by atoms with Crippen LogP contribution in [0.4, 0.5) is 4.79 Å². The molecule has 1 aliphatic rings. The quantitative estimate of drug-likeness (QED) is 0.669. The second-order valence-corrected chi connectivity index (χ2v) is 7.48. The van der Waals surface area contributed by atoms with E-state index in [9.17, 15) is 14.7 Å². The minimum atomic E-state index is -1.04. The third-order valence-electron chi connectivity index (χ3n) is 4.78. The molecule has 0 unspecified atom stereocenters. The molecule has 6 heteroatoms. The summed E-state index contributed by atoms with van der Waals surface area (Å²) in [7, 11) is 0. The Morgan fingerprint density at radius 1 is 1.11 bits per heavy atom. The van der Waals surface area contributed by atoms with Gasteiger partial charge in [-0.25, -0.2) is 9.59 Å². The number of carbonyl (C=O) groups is 2. The summed E-state index contributed by atoms with van der Waals surface area (Å²) in [5.41, 5.74) is 4.56. The molecule has 0 heterocycles. The van der Waals surface area contributed by atoms with Gasteiger partial charge >= 0.3 is 12.1 Å². The normalized spacial score (nSPS) is 13.5. The van der Waals surface area contributed by atoms with Crippen molar-refractivity contribution in [3.8, 4) is 11.1 Å². The van der Waals surface area contributed by atoms with Crippen LogP contribution in [0.2, 0.25) is 0 Å². The summed E-state index contributed by atoms with van der Waals surface area (Å²) in [5.74, 6) is -0.219. The lowest BCUT2D eigenvalue weighted by molar-refractivity contribution is -0.139. The van der Waals surface area contributed by atoms with Gasteiger partial charge in [-0.2, -0.15) is 11.8 Å². The van der Waals surface area contributed by atoms with E-state index in [0.717, 1.165) is 34.4 Å². The maximum absolute atomic E-state index is 12.2. The van der Waals surface area contributed by atoms with Gasteiger partial charge in [-0.3, -0.25) is 0 Å². The molecule has 142 valence electrons. The summed E-state index contributed by atoms with van der Waals surface area (Å²) < 4.78 is 5.41. The molecule has 0 radical (unpaired) electrons.